The maximum absolute atomic E-state index is 13.6. The van der Waals surface area contributed by atoms with Crippen molar-refractivity contribution in [3.05, 3.63) is 53.9 Å². The number of aromatic nitrogens is 4. The van der Waals surface area contributed by atoms with Crippen LogP contribution in [0.15, 0.2) is 37.0 Å². The zero-order chi connectivity index (χ0) is 20.9. The molecule has 0 saturated heterocycles. The molecule has 5 nitrogen and oxygen atoms in total. The molecule has 0 spiro atoms. The zero-order valence-electron chi connectivity index (χ0n) is 14.3. The van der Waals surface area contributed by atoms with Crippen molar-refractivity contribution in [1.82, 2.24) is 19.6 Å². The minimum Gasteiger partial charge on any atom is -0.383 e. The lowest BCUT2D eigenvalue weighted by Gasteiger charge is -2.12. The van der Waals surface area contributed by atoms with E-state index in [-0.39, 0.29) is 16.9 Å². The number of hydrogen-bond donors (Lipinski definition) is 1. The lowest BCUT2D eigenvalue weighted by molar-refractivity contribution is -0.140. The molecule has 0 aliphatic heterocycles. The molecule has 0 aliphatic rings. The first-order chi connectivity index (χ1) is 12.9. The number of halogens is 6. The smallest absolute Gasteiger partial charge is 0.383 e. The quantitative estimate of drug-likeness (QED) is 0.656. The van der Waals surface area contributed by atoms with Crippen molar-refractivity contribution in [1.29, 1.82) is 0 Å². The third-order valence-electron chi connectivity index (χ3n) is 3.91. The van der Waals surface area contributed by atoms with Crippen molar-refractivity contribution in [3.8, 4) is 16.9 Å². The summed E-state index contributed by atoms with van der Waals surface area (Å²) in [6, 6.07) is 3.88. The summed E-state index contributed by atoms with van der Waals surface area (Å²) in [4.78, 5) is 0. The van der Waals surface area contributed by atoms with Crippen LogP contribution in [0.25, 0.3) is 23.0 Å². The summed E-state index contributed by atoms with van der Waals surface area (Å²) in [6.45, 7) is 3.38. The summed E-state index contributed by atoms with van der Waals surface area (Å²) in [7, 11) is 1.54. The third kappa shape index (κ3) is 3.47. The normalized spacial score (nSPS) is 12.4. The van der Waals surface area contributed by atoms with Gasteiger partial charge in [0.05, 0.1) is 11.1 Å². The van der Waals surface area contributed by atoms with Gasteiger partial charge in [0.15, 0.2) is 11.5 Å². The summed E-state index contributed by atoms with van der Waals surface area (Å²) in [6.07, 6.45) is -7.15. The van der Waals surface area contributed by atoms with Crippen molar-refractivity contribution < 1.29 is 26.3 Å². The maximum Gasteiger partial charge on any atom is 0.435 e. The second-order valence-electron chi connectivity index (χ2n) is 5.91. The molecular weight excluding hydrogens is 388 g/mol. The van der Waals surface area contributed by atoms with Crippen LogP contribution in [-0.2, 0) is 19.4 Å². The Hall–Kier alpha value is -3.24. The molecule has 0 bridgehead atoms. The van der Waals surface area contributed by atoms with Gasteiger partial charge in [0.25, 0.3) is 0 Å². The van der Waals surface area contributed by atoms with E-state index in [1.165, 1.54) is 24.0 Å². The Morgan fingerprint density at radius 2 is 1.71 bits per heavy atom. The van der Waals surface area contributed by atoms with Crippen molar-refractivity contribution in [2.75, 3.05) is 5.73 Å². The first kappa shape index (κ1) is 19.5. The number of aryl methyl sites for hydroxylation is 1. The Labute approximate surface area is 154 Å². The van der Waals surface area contributed by atoms with Gasteiger partial charge in [-0.05, 0) is 29.3 Å². The van der Waals surface area contributed by atoms with Crippen molar-refractivity contribution in [3.63, 3.8) is 0 Å². The molecule has 2 N–H and O–H groups in total. The highest BCUT2D eigenvalue weighted by atomic mass is 19.4. The summed E-state index contributed by atoms with van der Waals surface area (Å²) in [5.74, 6) is -0.493. The number of nitrogen functional groups attached to an aromatic ring is 1. The molecule has 3 rings (SSSR count). The molecule has 0 radical (unpaired) electrons. The highest BCUT2D eigenvalue weighted by Crippen LogP contribution is 2.42. The molecule has 28 heavy (non-hydrogen) atoms. The topological polar surface area (TPSA) is 61.7 Å². The number of nitrogens with zero attached hydrogens (tertiary/aromatic N) is 4. The summed E-state index contributed by atoms with van der Waals surface area (Å²) < 4.78 is 82.3. The van der Waals surface area contributed by atoms with Crippen molar-refractivity contribution >= 4 is 11.9 Å². The molecule has 11 heteroatoms. The maximum atomic E-state index is 13.6. The Balaban J connectivity index is 2.32. The van der Waals surface area contributed by atoms with Gasteiger partial charge < -0.3 is 5.73 Å². The molecule has 3 aromatic rings. The van der Waals surface area contributed by atoms with Gasteiger partial charge in [0.1, 0.15) is 5.82 Å². The Morgan fingerprint density at radius 3 is 2.21 bits per heavy atom. The second-order valence-corrected chi connectivity index (χ2v) is 5.91. The third-order valence-corrected chi connectivity index (χ3v) is 3.91. The van der Waals surface area contributed by atoms with Gasteiger partial charge in [-0.2, -0.15) is 41.2 Å². The van der Waals surface area contributed by atoms with E-state index in [4.69, 9.17) is 5.73 Å². The Morgan fingerprint density at radius 1 is 1.04 bits per heavy atom. The fourth-order valence-electron chi connectivity index (χ4n) is 2.68. The number of benzene rings is 1. The van der Waals surface area contributed by atoms with Crippen LogP contribution in [-0.4, -0.2) is 19.6 Å². The van der Waals surface area contributed by atoms with E-state index in [0.717, 1.165) is 22.9 Å². The molecule has 0 saturated carbocycles. The van der Waals surface area contributed by atoms with Gasteiger partial charge >= 0.3 is 12.4 Å². The van der Waals surface area contributed by atoms with E-state index in [1.54, 1.807) is 0 Å². The molecular formula is C17H13F6N5. The molecule has 2 aromatic heterocycles. The molecule has 148 valence electrons. The molecule has 0 fully saturated rings. The highest BCUT2D eigenvalue weighted by molar-refractivity contribution is 5.80. The van der Waals surface area contributed by atoms with E-state index in [2.05, 4.69) is 16.8 Å². The standard InChI is InChI=1S/C17H13F6N5/c1-3-9-6-10(8-11(7-9)16(18,19)20)13-14(17(21,22)23)26-28(15(13)24)12-4-5-27(2)25-12/h3-8H,1,24H2,2H3. The summed E-state index contributed by atoms with van der Waals surface area (Å²) >= 11 is 0. The minimum absolute atomic E-state index is 0.00679. The van der Waals surface area contributed by atoms with Crippen LogP contribution in [0.3, 0.4) is 0 Å². The lowest BCUT2D eigenvalue weighted by atomic mass is 9.98. The number of anilines is 1. The van der Waals surface area contributed by atoms with Gasteiger partial charge in [0, 0.05) is 19.3 Å². The van der Waals surface area contributed by atoms with Gasteiger partial charge in [-0.1, -0.05) is 12.7 Å². The predicted molar refractivity (Wildman–Crippen MR) is 90.3 cm³/mol. The van der Waals surface area contributed by atoms with E-state index in [9.17, 15) is 26.3 Å². The van der Waals surface area contributed by atoms with Gasteiger partial charge in [-0.3, -0.25) is 4.68 Å². The average molecular weight is 401 g/mol. The highest BCUT2D eigenvalue weighted by Gasteiger charge is 2.40. The van der Waals surface area contributed by atoms with Crippen LogP contribution >= 0.6 is 0 Å². The van der Waals surface area contributed by atoms with Gasteiger partial charge in [-0.25, -0.2) is 0 Å². The molecule has 0 atom stereocenters. The number of hydrogen-bond acceptors (Lipinski definition) is 3. The van der Waals surface area contributed by atoms with E-state index < -0.39 is 35.0 Å². The van der Waals surface area contributed by atoms with E-state index in [0.29, 0.717) is 6.07 Å². The molecule has 0 unspecified atom stereocenters. The Bertz CT molecular complexity index is 1040. The minimum atomic E-state index is -4.95. The molecule has 1 aromatic carbocycles. The fraction of sp³-hybridized carbons (Fsp3) is 0.176. The second kappa shape index (κ2) is 6.43. The first-order valence-corrected chi connectivity index (χ1v) is 7.72. The molecule has 0 aliphatic carbocycles. The number of alkyl halides is 6. The molecule has 2 heterocycles. The number of nitrogens with two attached hydrogens (primary N) is 1. The first-order valence-electron chi connectivity index (χ1n) is 7.72. The van der Waals surface area contributed by atoms with Gasteiger partial charge in [-0.15, -0.1) is 0 Å². The van der Waals surface area contributed by atoms with Crippen molar-refractivity contribution in [2.24, 2.45) is 7.05 Å². The Kier molecular flexibility index (Phi) is 4.48. The van der Waals surface area contributed by atoms with Crippen LogP contribution < -0.4 is 5.73 Å². The van der Waals surface area contributed by atoms with Crippen LogP contribution in [0.1, 0.15) is 16.8 Å². The van der Waals surface area contributed by atoms with Gasteiger partial charge in [0.2, 0.25) is 0 Å². The molecule has 0 amide bonds. The predicted octanol–water partition coefficient (Wildman–Crippen LogP) is 4.54. The van der Waals surface area contributed by atoms with Crippen LogP contribution in [0.5, 0.6) is 0 Å². The number of rotatable bonds is 3. The average Bonchev–Trinajstić information content (AvgIpc) is 3.16. The fourth-order valence-corrected chi connectivity index (χ4v) is 2.68. The van der Waals surface area contributed by atoms with Crippen molar-refractivity contribution in [2.45, 2.75) is 12.4 Å². The monoisotopic (exact) mass is 401 g/mol. The SMILES string of the molecule is C=Cc1cc(-c2c(C(F)(F)F)nn(-c3ccn(C)n3)c2N)cc(C(F)(F)F)c1. The van der Waals surface area contributed by atoms with E-state index >= 15 is 0 Å². The largest absolute Gasteiger partial charge is 0.435 e. The van der Waals surface area contributed by atoms with Crippen LogP contribution in [0.4, 0.5) is 32.2 Å². The summed E-state index contributed by atoms with van der Waals surface area (Å²) in [5, 5.41) is 7.41. The van der Waals surface area contributed by atoms with Crippen LogP contribution in [0.2, 0.25) is 0 Å². The lowest BCUT2D eigenvalue weighted by Crippen LogP contribution is -2.09. The van der Waals surface area contributed by atoms with Crippen LogP contribution in [0, 0.1) is 0 Å². The summed E-state index contributed by atoms with van der Waals surface area (Å²) in [5.41, 5.74) is 2.28. The van der Waals surface area contributed by atoms with E-state index in [1.807, 2.05) is 0 Å². The zero-order valence-corrected chi connectivity index (χ0v) is 14.3.